The highest BCUT2D eigenvalue weighted by atomic mass is 32.1. The molecule has 0 unspecified atom stereocenters. The molecular formula is C18H25N3O2S. The van der Waals surface area contributed by atoms with Crippen LogP contribution in [0.5, 0.6) is 0 Å². The zero-order valence-electron chi connectivity index (χ0n) is 14.6. The molecule has 0 spiro atoms. The molecule has 0 radical (unpaired) electrons. The number of hydrogen-bond acceptors (Lipinski definition) is 5. The molecule has 3 atom stereocenters. The average molecular weight is 347 g/mol. The molecule has 0 saturated carbocycles. The summed E-state index contributed by atoms with van der Waals surface area (Å²) < 4.78 is 5.78. The maximum Gasteiger partial charge on any atom is 0.259 e. The number of fused-ring (bicyclic) bond motifs is 3. The Kier molecular flexibility index (Phi) is 4.22. The third kappa shape index (κ3) is 3.03. The molecule has 4 rings (SSSR count). The van der Waals surface area contributed by atoms with Gasteiger partial charge in [0.2, 0.25) is 0 Å². The van der Waals surface area contributed by atoms with Crippen molar-refractivity contribution in [2.75, 3.05) is 13.1 Å². The minimum atomic E-state index is 0.0383. The lowest BCUT2D eigenvalue weighted by atomic mass is 9.89. The molecule has 130 valence electrons. The Morgan fingerprint density at radius 3 is 2.79 bits per heavy atom. The molecule has 1 saturated heterocycles. The summed E-state index contributed by atoms with van der Waals surface area (Å²) in [5, 5.41) is 0.842. The van der Waals surface area contributed by atoms with Gasteiger partial charge in [-0.3, -0.25) is 9.69 Å². The Morgan fingerprint density at radius 2 is 2.04 bits per heavy atom. The van der Waals surface area contributed by atoms with E-state index in [4.69, 9.17) is 9.72 Å². The zero-order valence-corrected chi connectivity index (χ0v) is 15.4. The first-order chi connectivity index (χ1) is 11.5. The number of ether oxygens (including phenoxy) is 1. The lowest BCUT2D eigenvalue weighted by molar-refractivity contribution is -0.0710. The third-order valence-corrected chi connectivity index (χ3v) is 6.23. The minimum absolute atomic E-state index is 0.0383. The highest BCUT2D eigenvalue weighted by Crippen LogP contribution is 2.35. The van der Waals surface area contributed by atoms with Crippen molar-refractivity contribution >= 4 is 21.6 Å². The summed E-state index contributed by atoms with van der Waals surface area (Å²) in [6.07, 6.45) is 3.71. The van der Waals surface area contributed by atoms with E-state index >= 15 is 0 Å². The van der Waals surface area contributed by atoms with Crippen LogP contribution in [0.15, 0.2) is 4.79 Å². The van der Waals surface area contributed by atoms with Gasteiger partial charge in [0.05, 0.1) is 24.1 Å². The molecule has 1 N–H and O–H groups in total. The number of rotatable bonds is 2. The summed E-state index contributed by atoms with van der Waals surface area (Å²) in [6, 6.07) is 0. The van der Waals surface area contributed by atoms with E-state index in [1.165, 1.54) is 16.9 Å². The Labute approximate surface area is 146 Å². The summed E-state index contributed by atoms with van der Waals surface area (Å²) in [4.78, 5) is 25.1. The van der Waals surface area contributed by atoms with Crippen LogP contribution in [-0.2, 0) is 24.1 Å². The summed E-state index contributed by atoms with van der Waals surface area (Å²) in [5.41, 5.74) is 1.29. The van der Waals surface area contributed by atoms with E-state index in [2.05, 4.69) is 30.7 Å². The third-order valence-electron chi connectivity index (χ3n) is 5.08. The second kappa shape index (κ2) is 6.24. The van der Waals surface area contributed by atoms with Gasteiger partial charge in [-0.05, 0) is 44.6 Å². The van der Waals surface area contributed by atoms with Crippen LogP contribution < -0.4 is 5.56 Å². The molecule has 0 bridgehead atoms. The van der Waals surface area contributed by atoms with Crippen LogP contribution in [0.25, 0.3) is 10.2 Å². The Morgan fingerprint density at radius 1 is 1.29 bits per heavy atom. The van der Waals surface area contributed by atoms with E-state index in [0.29, 0.717) is 12.5 Å². The van der Waals surface area contributed by atoms with Crippen LogP contribution >= 0.6 is 11.3 Å². The van der Waals surface area contributed by atoms with Gasteiger partial charge < -0.3 is 9.72 Å². The van der Waals surface area contributed by atoms with E-state index in [1.54, 1.807) is 11.3 Å². The van der Waals surface area contributed by atoms with Gasteiger partial charge in [0, 0.05) is 18.0 Å². The average Bonchev–Trinajstić information content (AvgIpc) is 2.83. The van der Waals surface area contributed by atoms with Gasteiger partial charge >= 0.3 is 0 Å². The molecule has 1 fully saturated rings. The maximum atomic E-state index is 12.7. The number of aryl methyl sites for hydroxylation is 1. The van der Waals surface area contributed by atoms with Crippen molar-refractivity contribution in [3.05, 3.63) is 26.6 Å². The Balaban J connectivity index is 1.65. The number of nitrogens with zero attached hydrogens (tertiary/aromatic N) is 2. The van der Waals surface area contributed by atoms with E-state index in [-0.39, 0.29) is 17.8 Å². The van der Waals surface area contributed by atoms with Crippen LogP contribution in [0.1, 0.15) is 43.5 Å². The normalized spacial score (nSPS) is 28.2. The number of nitrogens with one attached hydrogen (secondary N) is 1. The lowest BCUT2D eigenvalue weighted by Gasteiger charge is -2.34. The fourth-order valence-electron chi connectivity index (χ4n) is 4.09. The first-order valence-corrected chi connectivity index (χ1v) is 9.72. The highest BCUT2D eigenvalue weighted by molar-refractivity contribution is 7.18. The van der Waals surface area contributed by atoms with Crippen LogP contribution in [0.2, 0.25) is 0 Å². The predicted molar refractivity (Wildman–Crippen MR) is 96.7 cm³/mol. The SMILES string of the molecule is C[C@@H]1CCc2c(sc3nc(CN4C[C@H](C)O[C@@H](C)C4)[nH]c(=O)c23)C1. The van der Waals surface area contributed by atoms with Crippen molar-refractivity contribution in [3.63, 3.8) is 0 Å². The minimum Gasteiger partial charge on any atom is -0.373 e. The molecule has 6 heteroatoms. The van der Waals surface area contributed by atoms with Crippen molar-refractivity contribution in [2.24, 2.45) is 5.92 Å². The Hall–Kier alpha value is -1.24. The molecule has 2 aromatic rings. The van der Waals surface area contributed by atoms with Gasteiger partial charge in [-0.1, -0.05) is 6.92 Å². The quantitative estimate of drug-likeness (QED) is 0.907. The van der Waals surface area contributed by atoms with Gasteiger partial charge in [0.25, 0.3) is 5.56 Å². The van der Waals surface area contributed by atoms with Gasteiger partial charge in [-0.2, -0.15) is 0 Å². The van der Waals surface area contributed by atoms with Crippen LogP contribution in [0.4, 0.5) is 0 Å². The molecule has 0 aromatic carbocycles. The van der Waals surface area contributed by atoms with Crippen LogP contribution in [0, 0.1) is 5.92 Å². The molecule has 2 aliphatic rings. The Bertz CT molecular complexity index is 802. The second-order valence-corrected chi connectivity index (χ2v) is 8.58. The van der Waals surface area contributed by atoms with Gasteiger partial charge in [0.1, 0.15) is 10.7 Å². The summed E-state index contributed by atoms with van der Waals surface area (Å²) in [5.74, 6) is 1.49. The van der Waals surface area contributed by atoms with Crippen molar-refractivity contribution in [1.82, 2.24) is 14.9 Å². The number of morpholine rings is 1. The smallest absolute Gasteiger partial charge is 0.259 e. The monoisotopic (exact) mass is 347 g/mol. The molecule has 24 heavy (non-hydrogen) atoms. The molecule has 5 nitrogen and oxygen atoms in total. The number of aromatic nitrogens is 2. The van der Waals surface area contributed by atoms with Crippen LogP contribution in [0.3, 0.4) is 0 Å². The van der Waals surface area contributed by atoms with Gasteiger partial charge in [-0.15, -0.1) is 11.3 Å². The van der Waals surface area contributed by atoms with Crippen molar-refractivity contribution < 1.29 is 4.74 Å². The van der Waals surface area contributed by atoms with Crippen molar-refractivity contribution in [1.29, 1.82) is 0 Å². The molecule has 1 aliphatic carbocycles. The van der Waals surface area contributed by atoms with E-state index in [0.717, 1.165) is 42.0 Å². The number of hydrogen-bond donors (Lipinski definition) is 1. The molecule has 2 aromatic heterocycles. The van der Waals surface area contributed by atoms with Crippen molar-refractivity contribution in [2.45, 2.75) is 58.8 Å². The summed E-state index contributed by atoms with van der Waals surface area (Å²) >= 11 is 1.72. The second-order valence-electron chi connectivity index (χ2n) is 7.50. The summed E-state index contributed by atoms with van der Waals surface area (Å²) in [7, 11) is 0. The van der Waals surface area contributed by atoms with Gasteiger partial charge in [-0.25, -0.2) is 4.98 Å². The number of H-pyrrole nitrogens is 1. The summed E-state index contributed by atoms with van der Waals surface area (Å²) in [6.45, 7) is 8.92. The fourth-order valence-corrected chi connectivity index (χ4v) is 5.50. The maximum absolute atomic E-state index is 12.7. The lowest BCUT2D eigenvalue weighted by Crippen LogP contribution is -2.45. The first-order valence-electron chi connectivity index (χ1n) is 8.91. The molecular weight excluding hydrogens is 322 g/mol. The molecule has 1 aliphatic heterocycles. The molecule has 3 heterocycles. The first kappa shape index (κ1) is 16.2. The number of aromatic amines is 1. The zero-order chi connectivity index (χ0) is 16.8. The largest absolute Gasteiger partial charge is 0.373 e. The molecule has 0 amide bonds. The van der Waals surface area contributed by atoms with E-state index in [9.17, 15) is 4.79 Å². The highest BCUT2D eigenvalue weighted by Gasteiger charge is 2.25. The predicted octanol–water partition coefficient (Wildman–Crippen LogP) is 2.72. The van der Waals surface area contributed by atoms with Crippen molar-refractivity contribution in [3.8, 4) is 0 Å². The van der Waals surface area contributed by atoms with E-state index in [1.807, 2.05) is 0 Å². The van der Waals surface area contributed by atoms with Gasteiger partial charge in [0.15, 0.2) is 0 Å². The fraction of sp³-hybridized carbons (Fsp3) is 0.667. The standard InChI is InChI=1S/C18H25N3O2S/c1-10-4-5-13-14(6-10)24-18-16(13)17(22)19-15(20-18)9-21-7-11(2)23-12(3)8-21/h10-12H,4-9H2,1-3H3,(H,19,20,22)/t10-,11+,12+/m1/s1. The topological polar surface area (TPSA) is 58.2 Å². The van der Waals surface area contributed by atoms with Crippen LogP contribution in [-0.4, -0.2) is 40.2 Å². The number of thiophene rings is 1. The van der Waals surface area contributed by atoms with E-state index < -0.39 is 0 Å².